The van der Waals surface area contributed by atoms with Crippen LogP contribution in [0.2, 0.25) is 0 Å². The van der Waals surface area contributed by atoms with E-state index < -0.39 is 0 Å². The first-order valence-corrected chi connectivity index (χ1v) is 6.31. The van der Waals surface area contributed by atoms with Crippen molar-refractivity contribution in [1.29, 1.82) is 0 Å². The summed E-state index contributed by atoms with van der Waals surface area (Å²) >= 11 is 0. The third kappa shape index (κ3) is 10.5. The summed E-state index contributed by atoms with van der Waals surface area (Å²) < 4.78 is 0. The van der Waals surface area contributed by atoms with Gasteiger partial charge < -0.3 is 18.7 Å². The fourth-order valence-corrected chi connectivity index (χ4v) is 1.97. The molecular weight excluding hydrogens is 586 g/mol. The zero-order valence-corrected chi connectivity index (χ0v) is 24.8. The molecule has 0 unspecified atom stereocenters. The van der Waals surface area contributed by atoms with Gasteiger partial charge in [-0.25, -0.2) is 0 Å². The van der Waals surface area contributed by atoms with Crippen LogP contribution in [0.25, 0.3) is 0 Å². The van der Waals surface area contributed by atoms with Gasteiger partial charge in [0.05, 0.1) is 0 Å². The van der Waals surface area contributed by atoms with Crippen molar-refractivity contribution in [3.05, 3.63) is 93.2 Å². The van der Waals surface area contributed by atoms with Gasteiger partial charge in [-0.05, 0) is 35.4 Å². The van der Waals surface area contributed by atoms with Crippen LogP contribution in [0.3, 0.4) is 0 Å². The maximum atomic E-state index is 3.92. The minimum Gasteiger partial charge on any atom is -0.670 e. The molecule has 0 aromatic heterocycles. The second-order valence-corrected chi connectivity index (χ2v) is 4.82. The summed E-state index contributed by atoms with van der Waals surface area (Å²) in [6, 6.07) is 16.8. The first kappa shape index (κ1) is 30.4. The van der Waals surface area contributed by atoms with Gasteiger partial charge in [-0.2, -0.15) is 0 Å². The van der Waals surface area contributed by atoms with E-state index in [2.05, 4.69) is 64.3 Å². The van der Waals surface area contributed by atoms with Crippen molar-refractivity contribution in [1.82, 2.24) is 0 Å². The Hall–Kier alpha value is 2.66. The van der Waals surface area contributed by atoms with Crippen molar-refractivity contribution in [2.45, 2.75) is 12.3 Å². The number of hydrogen-bond donors (Lipinski definition) is 0. The molecule has 0 spiro atoms. The van der Waals surface area contributed by atoms with E-state index in [9.17, 15) is 0 Å². The van der Waals surface area contributed by atoms with Gasteiger partial charge in [0.15, 0.2) is 0 Å². The van der Waals surface area contributed by atoms with Crippen LogP contribution in [0.5, 0.6) is 0 Å². The van der Waals surface area contributed by atoms with Gasteiger partial charge in [0, 0.05) is 131 Å². The van der Waals surface area contributed by atoms with Gasteiger partial charge >= 0.3 is 0 Å². The van der Waals surface area contributed by atoms with E-state index in [1.807, 2.05) is 12.1 Å². The molecule has 5 heteroatoms. The zero-order chi connectivity index (χ0) is 13.8. The number of hydrogen-bond acceptors (Lipinski definition) is 1. The summed E-state index contributed by atoms with van der Waals surface area (Å²) in [5.74, 6) is 0.0911. The Balaban J connectivity index is -0.000001000. The van der Waals surface area contributed by atoms with Gasteiger partial charge in [0.1, 0.15) is 0 Å². The Labute approximate surface area is 242 Å². The summed E-state index contributed by atoms with van der Waals surface area (Å²) in [4.78, 5) is 1.61. The Kier molecular flexibility index (Phi) is 20.7. The van der Waals surface area contributed by atoms with Crippen LogP contribution in [0.1, 0.15) is 22.6 Å². The third-order valence-electron chi connectivity index (χ3n) is 3.16. The summed E-state index contributed by atoms with van der Waals surface area (Å²) in [5, 5.41) is 0. The molecule has 0 heterocycles. The summed E-state index contributed by atoms with van der Waals surface area (Å²) in [6.07, 6.45) is 0.924. The van der Waals surface area contributed by atoms with Crippen LogP contribution in [-0.4, -0.2) is 0 Å². The van der Waals surface area contributed by atoms with Crippen LogP contribution in [0.15, 0.2) is 48.5 Å². The molecule has 112 valence electrons. The van der Waals surface area contributed by atoms with Crippen LogP contribution in [0, 0.1) is 27.9 Å². The molecule has 0 saturated heterocycles. The molecule has 1 nitrogen and oxygen atoms in total. The molecule has 23 heavy (non-hydrogen) atoms. The number of rotatable bonds is 4. The maximum absolute atomic E-state index is 3.92. The van der Waals surface area contributed by atoms with Gasteiger partial charge in [-0.1, -0.05) is 36.4 Å². The smallest absolute Gasteiger partial charge is 0 e. The first-order valence-electron chi connectivity index (χ1n) is 6.31. The molecule has 0 atom stereocenters. The average molecular weight is 605 g/mol. The molecule has 2 aromatic rings. The quantitative estimate of drug-likeness (QED) is 0.468. The summed E-state index contributed by atoms with van der Waals surface area (Å²) in [6.45, 7) is 7.84. The van der Waals surface area contributed by atoms with E-state index in [1.165, 1.54) is 16.7 Å². The van der Waals surface area contributed by atoms with Crippen molar-refractivity contribution < 1.29 is 131 Å². The van der Waals surface area contributed by atoms with Crippen molar-refractivity contribution in [2.24, 2.45) is 0 Å². The van der Waals surface area contributed by atoms with Crippen molar-refractivity contribution >= 4 is 5.69 Å². The molecule has 2 rings (SSSR count). The molecule has 0 bridgehead atoms. The predicted octanol–water partition coefficient (Wildman–Crippen LogP) is 4.41. The van der Waals surface area contributed by atoms with Gasteiger partial charge in [0.25, 0.3) is 0 Å². The number of nitrogens with zero attached hydrogens (tertiary/aromatic N) is 1. The molecule has 0 aliphatic carbocycles. The first-order chi connectivity index (χ1) is 9.06. The molecular formula is C18H19NY4-4. The maximum Gasteiger partial charge on any atom is 0 e. The number of benzene rings is 2. The topological polar surface area (TPSA) is 3.24 Å². The van der Waals surface area contributed by atoms with Gasteiger partial charge in [-0.15, -0.1) is 5.56 Å². The van der Waals surface area contributed by atoms with E-state index >= 15 is 0 Å². The van der Waals surface area contributed by atoms with E-state index in [-0.39, 0.29) is 137 Å². The largest absolute Gasteiger partial charge is 0.670 e. The Bertz CT molecular complexity index is 472. The minimum absolute atomic E-state index is 0. The molecule has 2 aromatic carbocycles. The van der Waals surface area contributed by atoms with Crippen LogP contribution in [-0.2, 0) is 137 Å². The van der Waals surface area contributed by atoms with Crippen LogP contribution < -0.4 is 4.90 Å². The van der Waals surface area contributed by atoms with Crippen LogP contribution in [0.4, 0.5) is 5.69 Å². The molecule has 0 fully saturated rings. The molecule has 0 saturated carbocycles. The Morgan fingerprint density at radius 1 is 0.696 bits per heavy atom. The van der Waals surface area contributed by atoms with Gasteiger partial charge in [-0.3, -0.25) is 20.0 Å². The Morgan fingerprint density at radius 2 is 1.09 bits per heavy atom. The second kappa shape index (κ2) is 15.7. The monoisotopic (exact) mass is 605 g/mol. The van der Waals surface area contributed by atoms with E-state index in [0.29, 0.717) is 0 Å². The molecule has 4 radical (unpaired) electrons. The average Bonchev–Trinajstić information content (AvgIpc) is 2.40. The van der Waals surface area contributed by atoms with E-state index in [0.717, 1.165) is 12.1 Å². The molecule has 0 aliphatic rings. The molecule has 0 N–H and O–H groups in total. The van der Waals surface area contributed by atoms with Crippen molar-refractivity contribution in [3.63, 3.8) is 0 Å². The fraction of sp³-hybridized carbons (Fsp3) is 0.111. The SMILES string of the molecule is [CH2-]C([CH2-])c1ccc(Cc2ccc(N([CH2-])[CH2-])cc2)cc1.[Y].[Y].[Y].[Y]. The predicted molar refractivity (Wildman–Crippen MR) is 82.3 cm³/mol. The summed E-state index contributed by atoms with van der Waals surface area (Å²) in [7, 11) is 7.52. The van der Waals surface area contributed by atoms with E-state index in [1.54, 1.807) is 4.90 Å². The molecule has 0 aliphatic heterocycles. The van der Waals surface area contributed by atoms with Crippen molar-refractivity contribution in [3.8, 4) is 0 Å². The fourth-order valence-electron chi connectivity index (χ4n) is 1.97. The Morgan fingerprint density at radius 3 is 1.43 bits per heavy atom. The standard InChI is InChI=1S/C18H19N.4Y/c1-14(2)17-9-5-15(6-10-17)13-16-7-11-18(12-8-16)19(3)4;;;;/h5-12,14H,1-4,13H2;;;;/q-4;;;;. The minimum atomic E-state index is 0. The second-order valence-electron chi connectivity index (χ2n) is 4.82. The normalized spacial score (nSPS) is 8.91. The number of anilines is 1. The van der Waals surface area contributed by atoms with E-state index in [4.69, 9.17) is 0 Å². The third-order valence-corrected chi connectivity index (χ3v) is 3.16. The summed E-state index contributed by atoms with van der Waals surface area (Å²) in [5.41, 5.74) is 4.75. The zero-order valence-electron chi connectivity index (χ0n) is 13.5. The van der Waals surface area contributed by atoms with Gasteiger partial charge in [0.2, 0.25) is 0 Å². The van der Waals surface area contributed by atoms with Crippen molar-refractivity contribution in [2.75, 3.05) is 4.90 Å². The molecule has 0 amide bonds. The van der Waals surface area contributed by atoms with Crippen LogP contribution >= 0.6 is 0 Å².